The predicted molar refractivity (Wildman–Crippen MR) is 160 cm³/mol. The van der Waals surface area contributed by atoms with Crippen LogP contribution in [0, 0.1) is 0 Å². The SMILES string of the molecule is CCCCCCCCCCCCOc1ccc(OCc2ccc(OCCCCCCCC)cc2)c(=O)cc1. The Kier molecular flexibility index (Phi) is 17.9. The number of ether oxygens (including phenoxy) is 3. The Morgan fingerprint density at radius 2 is 0.895 bits per heavy atom. The van der Waals surface area contributed by atoms with Crippen LogP contribution in [-0.2, 0) is 6.61 Å². The van der Waals surface area contributed by atoms with Crippen molar-refractivity contribution in [3.63, 3.8) is 0 Å². The topological polar surface area (TPSA) is 44.8 Å². The van der Waals surface area contributed by atoms with E-state index < -0.39 is 0 Å². The zero-order chi connectivity index (χ0) is 27.1. The Bertz CT molecular complexity index is 894. The first-order chi connectivity index (χ1) is 18.7. The molecule has 0 aliphatic carbocycles. The van der Waals surface area contributed by atoms with E-state index in [-0.39, 0.29) is 5.43 Å². The molecule has 0 atom stereocenters. The molecule has 0 spiro atoms. The minimum Gasteiger partial charge on any atom is -0.494 e. The molecule has 0 aromatic heterocycles. The summed E-state index contributed by atoms with van der Waals surface area (Å²) < 4.78 is 17.6. The van der Waals surface area contributed by atoms with E-state index in [4.69, 9.17) is 14.2 Å². The maximum Gasteiger partial charge on any atom is 0.220 e. The first kappa shape index (κ1) is 31.7. The van der Waals surface area contributed by atoms with Crippen LogP contribution in [0.4, 0.5) is 0 Å². The van der Waals surface area contributed by atoms with Gasteiger partial charge in [0, 0.05) is 0 Å². The van der Waals surface area contributed by atoms with Crippen LogP contribution < -0.4 is 19.6 Å². The second-order valence-electron chi connectivity index (χ2n) is 10.4. The first-order valence-corrected chi connectivity index (χ1v) is 15.3. The van der Waals surface area contributed by atoms with Crippen molar-refractivity contribution in [1.82, 2.24) is 0 Å². The molecule has 0 N–H and O–H groups in total. The van der Waals surface area contributed by atoms with Crippen molar-refractivity contribution in [1.29, 1.82) is 0 Å². The maximum absolute atomic E-state index is 12.4. The normalized spacial score (nSPS) is 10.9. The average molecular weight is 525 g/mol. The second kappa shape index (κ2) is 21.4. The van der Waals surface area contributed by atoms with Gasteiger partial charge in [-0.2, -0.15) is 0 Å². The first-order valence-electron chi connectivity index (χ1n) is 15.3. The van der Waals surface area contributed by atoms with Gasteiger partial charge >= 0.3 is 0 Å². The molecule has 0 radical (unpaired) electrons. The van der Waals surface area contributed by atoms with Crippen molar-refractivity contribution < 1.29 is 14.2 Å². The van der Waals surface area contributed by atoms with Gasteiger partial charge in [-0.25, -0.2) is 0 Å². The smallest absolute Gasteiger partial charge is 0.220 e. The Labute approximate surface area is 232 Å². The molecule has 0 unspecified atom stereocenters. The zero-order valence-corrected chi connectivity index (χ0v) is 24.2. The molecular weight excluding hydrogens is 472 g/mol. The van der Waals surface area contributed by atoms with Gasteiger partial charge in [0.1, 0.15) is 18.1 Å². The number of rotatable bonds is 23. The fraction of sp³-hybridized carbons (Fsp3) is 0.618. The van der Waals surface area contributed by atoms with Crippen molar-refractivity contribution in [3.8, 4) is 17.2 Å². The Balaban J connectivity index is 1.62. The summed E-state index contributed by atoms with van der Waals surface area (Å²) in [5, 5.41) is 0. The molecule has 2 rings (SSSR count). The third-order valence-corrected chi connectivity index (χ3v) is 6.89. The monoisotopic (exact) mass is 524 g/mol. The van der Waals surface area contributed by atoms with E-state index in [2.05, 4.69) is 13.8 Å². The van der Waals surface area contributed by atoms with Crippen LogP contribution in [0.2, 0.25) is 0 Å². The lowest BCUT2D eigenvalue weighted by molar-refractivity contribution is 0.298. The van der Waals surface area contributed by atoms with Gasteiger partial charge in [0.05, 0.1) is 13.2 Å². The van der Waals surface area contributed by atoms with Gasteiger partial charge in [0.15, 0.2) is 5.75 Å². The molecule has 2 aromatic carbocycles. The van der Waals surface area contributed by atoms with Gasteiger partial charge in [0.25, 0.3) is 0 Å². The standard InChI is InChI=1S/C34H52O4/c1-3-5-7-9-11-12-13-14-16-18-28-37-32-23-25-33(35)34(26-24-32)38-29-30-19-21-31(22-20-30)36-27-17-15-10-8-6-4-2/h19-26H,3-18,27-29H2,1-2H3. The number of hydrogen-bond acceptors (Lipinski definition) is 4. The summed E-state index contributed by atoms with van der Waals surface area (Å²) in [6.45, 7) is 6.27. The third kappa shape index (κ3) is 15.1. The molecule has 0 saturated carbocycles. The fourth-order valence-electron chi connectivity index (χ4n) is 4.45. The molecule has 0 heterocycles. The summed E-state index contributed by atoms with van der Waals surface area (Å²) in [6, 6.07) is 14.7. The Morgan fingerprint density at radius 1 is 0.474 bits per heavy atom. The molecule has 2 aromatic rings. The van der Waals surface area contributed by atoms with E-state index >= 15 is 0 Å². The zero-order valence-electron chi connectivity index (χ0n) is 24.2. The molecular formula is C34H52O4. The van der Waals surface area contributed by atoms with E-state index in [1.807, 2.05) is 30.3 Å². The molecule has 0 aliphatic heterocycles. The molecule has 0 saturated heterocycles. The van der Waals surface area contributed by atoms with Crippen LogP contribution in [0.25, 0.3) is 0 Å². The average Bonchev–Trinajstić information content (AvgIpc) is 3.11. The molecule has 212 valence electrons. The molecule has 0 bridgehead atoms. The van der Waals surface area contributed by atoms with Gasteiger partial charge in [-0.05, 0) is 54.8 Å². The summed E-state index contributed by atoms with van der Waals surface area (Å²) in [5.74, 6) is 1.92. The van der Waals surface area contributed by atoms with Crippen molar-refractivity contribution in [2.24, 2.45) is 0 Å². The maximum atomic E-state index is 12.4. The largest absolute Gasteiger partial charge is 0.494 e. The summed E-state index contributed by atoms with van der Waals surface area (Å²) in [4.78, 5) is 12.4. The highest BCUT2D eigenvalue weighted by Crippen LogP contribution is 2.17. The van der Waals surface area contributed by atoms with Crippen molar-refractivity contribution in [2.45, 2.75) is 123 Å². The fourth-order valence-corrected chi connectivity index (χ4v) is 4.45. The third-order valence-electron chi connectivity index (χ3n) is 6.89. The van der Waals surface area contributed by atoms with Crippen molar-refractivity contribution in [2.75, 3.05) is 13.2 Å². The highest BCUT2D eigenvalue weighted by atomic mass is 16.5. The van der Waals surface area contributed by atoms with Crippen LogP contribution in [0.15, 0.2) is 53.3 Å². The minimum atomic E-state index is -0.141. The molecule has 4 nitrogen and oxygen atoms in total. The van der Waals surface area contributed by atoms with Gasteiger partial charge in [-0.1, -0.05) is 116 Å². The molecule has 0 fully saturated rings. The highest BCUT2D eigenvalue weighted by Gasteiger charge is 2.03. The van der Waals surface area contributed by atoms with Gasteiger partial charge in [-0.3, -0.25) is 4.79 Å². The van der Waals surface area contributed by atoms with E-state index in [9.17, 15) is 4.79 Å². The van der Waals surface area contributed by atoms with Crippen molar-refractivity contribution in [3.05, 3.63) is 64.3 Å². The number of unbranched alkanes of at least 4 members (excludes halogenated alkanes) is 14. The predicted octanol–water partition coefficient (Wildman–Crippen LogP) is 9.66. The molecule has 0 aliphatic rings. The van der Waals surface area contributed by atoms with Crippen LogP contribution in [-0.4, -0.2) is 13.2 Å². The van der Waals surface area contributed by atoms with Crippen LogP contribution in [0.3, 0.4) is 0 Å². The van der Waals surface area contributed by atoms with E-state index in [0.29, 0.717) is 24.7 Å². The van der Waals surface area contributed by atoms with E-state index in [0.717, 1.165) is 30.8 Å². The second-order valence-corrected chi connectivity index (χ2v) is 10.4. The van der Waals surface area contributed by atoms with Crippen LogP contribution in [0.1, 0.15) is 122 Å². The molecule has 0 amide bonds. The number of benzene rings is 1. The minimum absolute atomic E-state index is 0.141. The van der Waals surface area contributed by atoms with E-state index in [1.165, 1.54) is 96.0 Å². The summed E-state index contributed by atoms with van der Waals surface area (Å²) in [5.41, 5.74) is 0.859. The Morgan fingerprint density at radius 3 is 1.39 bits per heavy atom. The number of hydrogen-bond donors (Lipinski definition) is 0. The van der Waals surface area contributed by atoms with Crippen molar-refractivity contribution >= 4 is 0 Å². The lowest BCUT2D eigenvalue weighted by atomic mass is 10.1. The lowest BCUT2D eigenvalue weighted by Crippen LogP contribution is -2.04. The van der Waals surface area contributed by atoms with E-state index in [1.54, 1.807) is 12.1 Å². The summed E-state index contributed by atoms with van der Waals surface area (Å²) >= 11 is 0. The van der Waals surface area contributed by atoms with Crippen LogP contribution >= 0.6 is 0 Å². The quantitative estimate of drug-likeness (QED) is 0.136. The Hall–Kier alpha value is -2.49. The van der Waals surface area contributed by atoms with Crippen LogP contribution in [0.5, 0.6) is 17.2 Å². The van der Waals surface area contributed by atoms with Gasteiger partial charge in [-0.15, -0.1) is 0 Å². The highest BCUT2D eigenvalue weighted by molar-refractivity contribution is 5.30. The van der Waals surface area contributed by atoms with Gasteiger partial charge < -0.3 is 14.2 Å². The molecule has 4 heteroatoms. The van der Waals surface area contributed by atoms with Gasteiger partial charge in [0.2, 0.25) is 5.43 Å². The molecule has 38 heavy (non-hydrogen) atoms. The summed E-state index contributed by atoms with van der Waals surface area (Å²) in [6.07, 6.45) is 20.6. The lowest BCUT2D eigenvalue weighted by Gasteiger charge is -2.08. The summed E-state index contributed by atoms with van der Waals surface area (Å²) in [7, 11) is 0.